The molecule has 22 heavy (non-hydrogen) atoms. The third-order valence-electron chi connectivity index (χ3n) is 2.67. The van der Waals surface area contributed by atoms with E-state index >= 15 is 0 Å². The smallest absolute Gasteiger partial charge is 0.332 e. The molecule has 0 saturated carbocycles. The molecule has 126 valence electrons. The summed E-state index contributed by atoms with van der Waals surface area (Å²) in [6.45, 7) is 0.759. The summed E-state index contributed by atoms with van der Waals surface area (Å²) in [5.41, 5.74) is 0. The first-order valence-corrected chi connectivity index (χ1v) is 6.23. The molecule has 6 N–H and O–H groups in total. The SMILES string of the molecule is CN(CCNC(C(=O)O)C(=O)O)CCNC(C(=O)O)C(=O)O. The zero-order chi connectivity index (χ0) is 17.3. The minimum atomic E-state index is -1.70. The molecule has 0 amide bonds. The second-order valence-electron chi connectivity index (χ2n) is 4.43. The van der Waals surface area contributed by atoms with Gasteiger partial charge in [-0.2, -0.15) is 0 Å². The fraction of sp³-hybridized carbons (Fsp3) is 0.636. The Morgan fingerprint density at radius 3 is 1.27 bits per heavy atom. The summed E-state index contributed by atoms with van der Waals surface area (Å²) in [5.74, 6) is -5.99. The van der Waals surface area contributed by atoms with E-state index in [0.29, 0.717) is 13.1 Å². The quantitative estimate of drug-likeness (QED) is 0.204. The molecule has 0 atom stereocenters. The first kappa shape index (κ1) is 19.8. The van der Waals surface area contributed by atoms with Gasteiger partial charge in [-0.3, -0.25) is 10.6 Å². The number of carboxylic acid groups (broad SMARTS) is 4. The van der Waals surface area contributed by atoms with E-state index in [-0.39, 0.29) is 13.1 Å². The number of carbonyl (C=O) groups is 4. The Morgan fingerprint density at radius 1 is 0.773 bits per heavy atom. The van der Waals surface area contributed by atoms with Crippen molar-refractivity contribution < 1.29 is 39.6 Å². The lowest BCUT2D eigenvalue weighted by Crippen LogP contribution is -2.48. The Bertz CT molecular complexity index is 362. The van der Waals surface area contributed by atoms with Crippen LogP contribution in [0.5, 0.6) is 0 Å². The van der Waals surface area contributed by atoms with Crippen LogP contribution in [0.15, 0.2) is 0 Å². The van der Waals surface area contributed by atoms with Gasteiger partial charge in [0.25, 0.3) is 0 Å². The van der Waals surface area contributed by atoms with Crippen LogP contribution >= 0.6 is 0 Å². The van der Waals surface area contributed by atoms with E-state index < -0.39 is 36.0 Å². The minimum absolute atomic E-state index is 0.0844. The van der Waals surface area contributed by atoms with E-state index in [9.17, 15) is 19.2 Å². The first-order chi connectivity index (χ1) is 10.2. The van der Waals surface area contributed by atoms with E-state index in [1.807, 2.05) is 0 Å². The van der Waals surface area contributed by atoms with Gasteiger partial charge in [-0.15, -0.1) is 0 Å². The fourth-order valence-corrected chi connectivity index (χ4v) is 1.47. The molecule has 0 aromatic carbocycles. The molecule has 0 aliphatic rings. The van der Waals surface area contributed by atoms with Gasteiger partial charge in [0.2, 0.25) is 12.1 Å². The molecular formula is C11H19N3O8. The molecule has 0 aromatic heterocycles. The average Bonchev–Trinajstić information content (AvgIpc) is 2.37. The third kappa shape index (κ3) is 7.52. The molecule has 0 aromatic rings. The number of nitrogens with zero attached hydrogens (tertiary/aromatic N) is 1. The maximum atomic E-state index is 10.6. The number of likely N-dealkylation sites (N-methyl/N-ethyl adjacent to an activating group) is 1. The van der Waals surface area contributed by atoms with Gasteiger partial charge in [0, 0.05) is 26.2 Å². The Hall–Kier alpha value is -2.24. The van der Waals surface area contributed by atoms with E-state index in [2.05, 4.69) is 10.6 Å². The van der Waals surface area contributed by atoms with Gasteiger partial charge in [0.05, 0.1) is 0 Å². The molecule has 0 radical (unpaired) electrons. The van der Waals surface area contributed by atoms with Gasteiger partial charge >= 0.3 is 23.9 Å². The maximum absolute atomic E-state index is 10.6. The average molecular weight is 321 g/mol. The highest BCUT2D eigenvalue weighted by Gasteiger charge is 2.25. The van der Waals surface area contributed by atoms with Crippen molar-refractivity contribution in [1.29, 1.82) is 0 Å². The van der Waals surface area contributed by atoms with Crippen LogP contribution in [0.3, 0.4) is 0 Å². The number of hydrogen-bond donors (Lipinski definition) is 6. The second-order valence-corrected chi connectivity index (χ2v) is 4.43. The van der Waals surface area contributed by atoms with E-state index in [4.69, 9.17) is 20.4 Å². The van der Waals surface area contributed by atoms with Crippen molar-refractivity contribution in [3.63, 3.8) is 0 Å². The van der Waals surface area contributed by atoms with Crippen LogP contribution in [0.4, 0.5) is 0 Å². The maximum Gasteiger partial charge on any atom is 0.332 e. The molecule has 0 heterocycles. The Kier molecular flexibility index (Phi) is 8.67. The number of rotatable bonds is 12. The molecule has 0 rings (SSSR count). The molecule has 0 fully saturated rings. The predicted octanol–water partition coefficient (Wildman–Crippen LogP) is -2.83. The lowest BCUT2D eigenvalue weighted by Gasteiger charge is -2.19. The minimum Gasteiger partial charge on any atom is -0.480 e. The summed E-state index contributed by atoms with van der Waals surface area (Å²) < 4.78 is 0. The Morgan fingerprint density at radius 2 is 1.05 bits per heavy atom. The number of carboxylic acids is 4. The monoisotopic (exact) mass is 321 g/mol. The normalized spacial score (nSPS) is 11.1. The van der Waals surface area contributed by atoms with Crippen molar-refractivity contribution in [2.24, 2.45) is 0 Å². The molecule has 0 spiro atoms. The Labute approximate surface area is 125 Å². The molecule has 11 heteroatoms. The lowest BCUT2D eigenvalue weighted by atomic mass is 10.3. The van der Waals surface area contributed by atoms with Crippen molar-refractivity contribution in [3.05, 3.63) is 0 Å². The largest absolute Gasteiger partial charge is 0.480 e. The third-order valence-corrected chi connectivity index (χ3v) is 2.67. The lowest BCUT2D eigenvalue weighted by molar-refractivity contribution is -0.152. The van der Waals surface area contributed by atoms with Crippen LogP contribution in [0.1, 0.15) is 0 Å². The summed E-state index contributed by atoms with van der Waals surface area (Å²) in [6, 6.07) is -3.40. The van der Waals surface area contributed by atoms with Gasteiger partial charge in [-0.05, 0) is 7.05 Å². The van der Waals surface area contributed by atoms with Gasteiger partial charge < -0.3 is 25.3 Å². The predicted molar refractivity (Wildman–Crippen MR) is 71.6 cm³/mol. The fourth-order valence-electron chi connectivity index (χ4n) is 1.47. The number of aliphatic carboxylic acids is 4. The summed E-state index contributed by atoms with van der Waals surface area (Å²) in [4.78, 5) is 44.1. The van der Waals surface area contributed by atoms with E-state index in [0.717, 1.165) is 0 Å². The first-order valence-electron chi connectivity index (χ1n) is 6.23. The standard InChI is InChI=1S/C11H19N3O8/c1-14(4-2-12-6(8(15)16)9(17)18)5-3-13-7(10(19)20)11(21)22/h6-7,12-13H,2-5H2,1H3,(H,15,16)(H,17,18)(H,19,20)(H,21,22). The molecular weight excluding hydrogens is 302 g/mol. The zero-order valence-electron chi connectivity index (χ0n) is 11.9. The van der Waals surface area contributed by atoms with Crippen molar-refractivity contribution in [1.82, 2.24) is 15.5 Å². The van der Waals surface area contributed by atoms with Crippen LogP contribution in [-0.4, -0.2) is 94.5 Å². The van der Waals surface area contributed by atoms with Crippen LogP contribution in [0.2, 0.25) is 0 Å². The highest BCUT2D eigenvalue weighted by Crippen LogP contribution is 1.88. The van der Waals surface area contributed by atoms with Crippen molar-refractivity contribution in [2.75, 3.05) is 33.2 Å². The summed E-state index contributed by atoms with van der Waals surface area (Å²) in [7, 11) is 1.64. The van der Waals surface area contributed by atoms with Gasteiger partial charge in [0.15, 0.2) is 0 Å². The van der Waals surface area contributed by atoms with Crippen molar-refractivity contribution in [2.45, 2.75) is 12.1 Å². The molecule has 0 aliphatic heterocycles. The molecule has 0 bridgehead atoms. The van der Waals surface area contributed by atoms with E-state index in [1.165, 1.54) is 0 Å². The van der Waals surface area contributed by atoms with Gasteiger partial charge in [-0.1, -0.05) is 0 Å². The van der Waals surface area contributed by atoms with Gasteiger partial charge in [0.1, 0.15) is 0 Å². The molecule has 11 nitrogen and oxygen atoms in total. The van der Waals surface area contributed by atoms with Crippen molar-refractivity contribution >= 4 is 23.9 Å². The van der Waals surface area contributed by atoms with Crippen LogP contribution in [0, 0.1) is 0 Å². The summed E-state index contributed by atoms with van der Waals surface area (Å²) in [6.07, 6.45) is 0. The number of hydrogen-bond acceptors (Lipinski definition) is 7. The topological polar surface area (TPSA) is 176 Å². The molecule has 0 aliphatic carbocycles. The van der Waals surface area contributed by atoms with Crippen LogP contribution in [0.25, 0.3) is 0 Å². The number of nitrogens with one attached hydrogen (secondary N) is 2. The van der Waals surface area contributed by atoms with Crippen molar-refractivity contribution in [3.8, 4) is 0 Å². The highest BCUT2D eigenvalue weighted by molar-refractivity contribution is 5.97. The summed E-state index contributed by atoms with van der Waals surface area (Å²) in [5, 5.41) is 39.2. The Balaban J connectivity index is 4.02. The molecule has 0 saturated heterocycles. The summed E-state index contributed by atoms with van der Waals surface area (Å²) >= 11 is 0. The zero-order valence-corrected chi connectivity index (χ0v) is 11.9. The van der Waals surface area contributed by atoms with Crippen LogP contribution < -0.4 is 10.6 Å². The van der Waals surface area contributed by atoms with E-state index in [1.54, 1.807) is 11.9 Å². The highest BCUT2D eigenvalue weighted by atomic mass is 16.4. The van der Waals surface area contributed by atoms with Gasteiger partial charge in [-0.25, -0.2) is 19.2 Å². The van der Waals surface area contributed by atoms with Crippen LogP contribution in [-0.2, 0) is 19.2 Å². The second kappa shape index (κ2) is 9.65. The molecule has 0 unspecified atom stereocenters.